The molecule has 0 radical (unpaired) electrons. The summed E-state index contributed by atoms with van der Waals surface area (Å²) >= 11 is 0. The van der Waals surface area contributed by atoms with E-state index in [0.717, 1.165) is 12.4 Å². The molecule has 1 aromatic rings. The zero-order chi connectivity index (χ0) is 10.7. The highest BCUT2D eigenvalue weighted by atomic mass is 15.2. The van der Waals surface area contributed by atoms with E-state index >= 15 is 0 Å². The van der Waals surface area contributed by atoms with Crippen LogP contribution in [-0.2, 0) is 0 Å². The summed E-state index contributed by atoms with van der Waals surface area (Å²) in [7, 11) is 4.33. The van der Waals surface area contributed by atoms with Gasteiger partial charge in [0.15, 0.2) is 0 Å². The minimum Gasteiger partial charge on any atom is -0.368 e. The van der Waals surface area contributed by atoms with Crippen LogP contribution in [0.4, 0.5) is 5.82 Å². The fourth-order valence-electron chi connectivity index (χ4n) is 2.09. The van der Waals surface area contributed by atoms with E-state index in [1.807, 2.05) is 24.4 Å². The Morgan fingerprint density at radius 3 is 2.67 bits per heavy atom. The van der Waals surface area contributed by atoms with Gasteiger partial charge in [0.05, 0.1) is 0 Å². The van der Waals surface area contributed by atoms with Gasteiger partial charge in [-0.05, 0) is 45.5 Å². The number of anilines is 1. The fourth-order valence-corrected chi connectivity index (χ4v) is 2.09. The number of pyridine rings is 1. The Balaban J connectivity index is 1.92. The number of aromatic nitrogens is 1. The van der Waals surface area contributed by atoms with Crippen LogP contribution in [0.1, 0.15) is 19.3 Å². The third-order valence-electron chi connectivity index (χ3n) is 3.50. The molecule has 0 atom stereocenters. The van der Waals surface area contributed by atoms with Crippen molar-refractivity contribution < 1.29 is 0 Å². The number of nitrogens with one attached hydrogen (secondary N) is 1. The van der Waals surface area contributed by atoms with Gasteiger partial charge in [0.1, 0.15) is 5.82 Å². The molecule has 0 aliphatic heterocycles. The molecule has 0 spiro atoms. The molecule has 1 N–H and O–H groups in total. The summed E-state index contributed by atoms with van der Waals surface area (Å²) in [4.78, 5) is 6.61. The Bertz CT molecular complexity index is 304. The molecule has 0 bridgehead atoms. The Morgan fingerprint density at radius 2 is 2.20 bits per heavy atom. The van der Waals surface area contributed by atoms with Crippen LogP contribution in [0.2, 0.25) is 0 Å². The predicted octanol–water partition coefficient (Wildman–Crippen LogP) is 1.98. The van der Waals surface area contributed by atoms with Crippen molar-refractivity contribution in [2.75, 3.05) is 26.0 Å². The molecule has 3 heteroatoms. The maximum Gasteiger partial charge on any atom is 0.125 e. The molecule has 82 valence electrons. The Hall–Kier alpha value is -1.09. The van der Waals surface area contributed by atoms with Crippen molar-refractivity contribution in [3.8, 4) is 0 Å². The summed E-state index contributed by atoms with van der Waals surface area (Å²) in [5, 5.41) is 3.42. The van der Waals surface area contributed by atoms with Crippen LogP contribution in [0.25, 0.3) is 0 Å². The van der Waals surface area contributed by atoms with Crippen LogP contribution in [0, 0.1) is 0 Å². The molecule has 1 saturated carbocycles. The standard InChI is InChI=1S/C12H19N3/c1-15(2)12(7-5-8-12)10-14-11-6-3-4-9-13-11/h3-4,6,9H,5,7-8,10H2,1-2H3,(H,13,14). The molecule has 1 fully saturated rings. The highest BCUT2D eigenvalue weighted by Gasteiger charge is 2.38. The van der Waals surface area contributed by atoms with E-state index in [0.29, 0.717) is 5.54 Å². The second-order valence-electron chi connectivity index (χ2n) is 4.54. The first kappa shape index (κ1) is 10.4. The highest BCUT2D eigenvalue weighted by molar-refractivity contribution is 5.34. The zero-order valence-electron chi connectivity index (χ0n) is 9.53. The molecular weight excluding hydrogens is 186 g/mol. The maximum absolute atomic E-state index is 4.27. The smallest absolute Gasteiger partial charge is 0.125 e. The van der Waals surface area contributed by atoms with Gasteiger partial charge in [0.2, 0.25) is 0 Å². The fraction of sp³-hybridized carbons (Fsp3) is 0.583. The average molecular weight is 205 g/mol. The summed E-state index contributed by atoms with van der Waals surface area (Å²) in [5.41, 5.74) is 0.359. The van der Waals surface area contributed by atoms with E-state index in [1.165, 1.54) is 19.3 Å². The Kier molecular flexibility index (Phi) is 2.91. The lowest BCUT2D eigenvalue weighted by Gasteiger charge is -2.47. The third-order valence-corrected chi connectivity index (χ3v) is 3.50. The maximum atomic E-state index is 4.27. The van der Waals surface area contributed by atoms with Gasteiger partial charge in [-0.15, -0.1) is 0 Å². The van der Waals surface area contributed by atoms with Crippen LogP contribution < -0.4 is 5.32 Å². The van der Waals surface area contributed by atoms with E-state index < -0.39 is 0 Å². The summed E-state index contributed by atoms with van der Waals surface area (Å²) < 4.78 is 0. The number of likely N-dealkylation sites (N-methyl/N-ethyl adjacent to an activating group) is 1. The Labute approximate surface area is 91.5 Å². The molecule has 1 aliphatic rings. The van der Waals surface area contributed by atoms with Gasteiger partial charge in [-0.3, -0.25) is 0 Å². The molecule has 3 nitrogen and oxygen atoms in total. The van der Waals surface area contributed by atoms with E-state index in [9.17, 15) is 0 Å². The molecule has 1 heterocycles. The van der Waals surface area contributed by atoms with Crippen molar-refractivity contribution in [3.63, 3.8) is 0 Å². The van der Waals surface area contributed by atoms with Gasteiger partial charge in [-0.2, -0.15) is 0 Å². The quantitative estimate of drug-likeness (QED) is 0.814. The normalized spacial score (nSPS) is 18.6. The number of rotatable bonds is 4. The van der Waals surface area contributed by atoms with Crippen molar-refractivity contribution in [1.82, 2.24) is 9.88 Å². The molecule has 0 amide bonds. The van der Waals surface area contributed by atoms with Gasteiger partial charge < -0.3 is 10.2 Å². The highest BCUT2D eigenvalue weighted by Crippen LogP contribution is 2.35. The molecule has 15 heavy (non-hydrogen) atoms. The minimum absolute atomic E-state index is 0.359. The summed E-state index contributed by atoms with van der Waals surface area (Å²) in [6.45, 7) is 0.997. The first-order chi connectivity index (χ1) is 7.23. The van der Waals surface area contributed by atoms with Crippen molar-refractivity contribution >= 4 is 5.82 Å². The van der Waals surface area contributed by atoms with Crippen molar-refractivity contribution in [1.29, 1.82) is 0 Å². The predicted molar refractivity (Wildman–Crippen MR) is 63.0 cm³/mol. The van der Waals surface area contributed by atoms with Crippen LogP contribution in [0.15, 0.2) is 24.4 Å². The topological polar surface area (TPSA) is 28.2 Å². The second-order valence-corrected chi connectivity index (χ2v) is 4.54. The van der Waals surface area contributed by atoms with Crippen LogP contribution in [-0.4, -0.2) is 36.1 Å². The van der Waals surface area contributed by atoms with Crippen molar-refractivity contribution in [3.05, 3.63) is 24.4 Å². The summed E-state index contributed by atoms with van der Waals surface area (Å²) in [6.07, 6.45) is 5.76. The lowest BCUT2D eigenvalue weighted by Crippen LogP contribution is -2.54. The summed E-state index contributed by atoms with van der Waals surface area (Å²) in [5.74, 6) is 0.977. The van der Waals surface area contributed by atoms with Crippen LogP contribution >= 0.6 is 0 Å². The van der Waals surface area contributed by atoms with Crippen molar-refractivity contribution in [2.45, 2.75) is 24.8 Å². The molecule has 0 unspecified atom stereocenters. The van der Waals surface area contributed by atoms with Crippen LogP contribution in [0.5, 0.6) is 0 Å². The lowest BCUT2D eigenvalue weighted by molar-refractivity contribution is 0.0738. The van der Waals surface area contributed by atoms with Crippen molar-refractivity contribution in [2.24, 2.45) is 0 Å². The molecule has 1 aliphatic carbocycles. The monoisotopic (exact) mass is 205 g/mol. The number of nitrogens with zero attached hydrogens (tertiary/aromatic N) is 2. The van der Waals surface area contributed by atoms with E-state index in [-0.39, 0.29) is 0 Å². The third kappa shape index (κ3) is 2.12. The molecule has 0 saturated heterocycles. The molecule has 2 rings (SSSR count). The SMILES string of the molecule is CN(C)C1(CNc2ccccn2)CCC1. The minimum atomic E-state index is 0.359. The first-order valence-corrected chi connectivity index (χ1v) is 5.55. The number of hydrogen-bond acceptors (Lipinski definition) is 3. The summed E-state index contributed by atoms with van der Waals surface area (Å²) in [6, 6.07) is 5.97. The zero-order valence-corrected chi connectivity index (χ0v) is 9.53. The van der Waals surface area contributed by atoms with Gasteiger partial charge in [-0.25, -0.2) is 4.98 Å². The van der Waals surface area contributed by atoms with Gasteiger partial charge >= 0.3 is 0 Å². The van der Waals surface area contributed by atoms with Crippen LogP contribution in [0.3, 0.4) is 0 Å². The van der Waals surface area contributed by atoms with E-state index in [1.54, 1.807) is 0 Å². The van der Waals surface area contributed by atoms with E-state index in [2.05, 4.69) is 29.3 Å². The van der Waals surface area contributed by atoms with E-state index in [4.69, 9.17) is 0 Å². The first-order valence-electron chi connectivity index (χ1n) is 5.55. The number of hydrogen-bond donors (Lipinski definition) is 1. The molecule has 0 aromatic carbocycles. The average Bonchev–Trinajstić information content (AvgIpc) is 2.17. The van der Waals surface area contributed by atoms with Gasteiger partial charge in [-0.1, -0.05) is 6.07 Å². The Morgan fingerprint density at radius 1 is 1.40 bits per heavy atom. The molecular formula is C12H19N3. The van der Waals surface area contributed by atoms with Gasteiger partial charge in [0.25, 0.3) is 0 Å². The van der Waals surface area contributed by atoms with Gasteiger partial charge in [0, 0.05) is 18.3 Å². The second kappa shape index (κ2) is 4.19. The lowest BCUT2D eigenvalue weighted by atomic mass is 9.75. The molecule has 1 aromatic heterocycles. The largest absolute Gasteiger partial charge is 0.368 e.